The molecule has 4 rings (SSSR count). The molecular formula is C23H25N7O4. The van der Waals surface area contributed by atoms with Crippen LogP contribution in [-0.4, -0.2) is 62.3 Å². The molecule has 1 aliphatic heterocycles. The predicted octanol–water partition coefficient (Wildman–Crippen LogP) is 2.32. The number of rotatable bonds is 7. The minimum Gasteiger partial charge on any atom is -0.348 e. The average Bonchev–Trinajstić information content (AvgIpc) is 3.22. The van der Waals surface area contributed by atoms with Crippen molar-refractivity contribution in [2.75, 3.05) is 25.0 Å². The summed E-state index contributed by atoms with van der Waals surface area (Å²) < 4.78 is 1.41. The summed E-state index contributed by atoms with van der Waals surface area (Å²) in [6, 6.07) is 15.3. The molecule has 3 aromatic rings. The van der Waals surface area contributed by atoms with E-state index in [1.165, 1.54) is 16.8 Å². The Hall–Kier alpha value is -4.12. The van der Waals surface area contributed by atoms with Gasteiger partial charge in [-0.05, 0) is 38.0 Å². The zero-order valence-corrected chi connectivity index (χ0v) is 18.7. The van der Waals surface area contributed by atoms with Crippen LogP contribution >= 0.6 is 0 Å². The van der Waals surface area contributed by atoms with Crippen molar-refractivity contribution in [3.05, 3.63) is 76.1 Å². The Bertz CT molecular complexity index is 1190. The summed E-state index contributed by atoms with van der Waals surface area (Å²) in [5, 5.41) is 24.9. The molecule has 1 aliphatic rings. The maximum atomic E-state index is 12.8. The molecule has 34 heavy (non-hydrogen) atoms. The molecule has 2 heterocycles. The van der Waals surface area contributed by atoms with Gasteiger partial charge < -0.3 is 10.6 Å². The van der Waals surface area contributed by atoms with E-state index in [9.17, 15) is 19.7 Å². The van der Waals surface area contributed by atoms with E-state index in [4.69, 9.17) is 0 Å². The Balaban J connectivity index is 1.30. The Morgan fingerprint density at radius 3 is 2.56 bits per heavy atom. The standard InChI is InChI=1S/C23H25N7O4/c1-16-22(26-27-29(16)19-8-5-9-20(14-19)30(33)34)23(32)25-18-10-12-28(13-11-18)15-21(31)24-17-6-3-2-4-7-17/h2-9,14,18H,10-13,15H2,1H3,(H,24,31)(H,25,32). The lowest BCUT2D eigenvalue weighted by atomic mass is 10.0. The number of likely N-dealkylation sites (tertiary alicyclic amines) is 1. The molecule has 2 amide bonds. The zero-order chi connectivity index (χ0) is 24.1. The number of nitro groups is 1. The molecule has 2 aromatic carbocycles. The zero-order valence-electron chi connectivity index (χ0n) is 18.7. The highest BCUT2D eigenvalue weighted by Gasteiger charge is 2.25. The number of nitrogens with one attached hydrogen (secondary N) is 2. The number of piperidine rings is 1. The number of amides is 2. The number of non-ortho nitro benzene ring substituents is 1. The topological polar surface area (TPSA) is 135 Å². The Kier molecular flexibility index (Phi) is 6.93. The van der Waals surface area contributed by atoms with Gasteiger partial charge in [0.2, 0.25) is 5.91 Å². The molecule has 0 bridgehead atoms. The van der Waals surface area contributed by atoms with E-state index >= 15 is 0 Å². The molecule has 1 fully saturated rings. The second kappa shape index (κ2) is 10.2. The summed E-state index contributed by atoms with van der Waals surface area (Å²) in [5.74, 6) is -0.406. The molecule has 11 nitrogen and oxygen atoms in total. The third-order valence-corrected chi connectivity index (χ3v) is 5.74. The number of anilines is 1. The normalized spacial score (nSPS) is 14.5. The van der Waals surface area contributed by atoms with Gasteiger partial charge in [-0.15, -0.1) is 5.10 Å². The minimum absolute atomic E-state index is 0.0386. The van der Waals surface area contributed by atoms with E-state index in [1.54, 1.807) is 19.1 Å². The van der Waals surface area contributed by atoms with Crippen molar-refractivity contribution in [3.8, 4) is 5.69 Å². The van der Waals surface area contributed by atoms with Crippen molar-refractivity contribution in [2.24, 2.45) is 0 Å². The molecule has 0 atom stereocenters. The molecule has 0 radical (unpaired) electrons. The fourth-order valence-corrected chi connectivity index (χ4v) is 3.94. The third-order valence-electron chi connectivity index (χ3n) is 5.74. The summed E-state index contributed by atoms with van der Waals surface area (Å²) >= 11 is 0. The Morgan fingerprint density at radius 2 is 1.85 bits per heavy atom. The molecule has 0 saturated carbocycles. The third kappa shape index (κ3) is 5.44. The molecule has 11 heteroatoms. The Labute approximate surface area is 195 Å². The van der Waals surface area contributed by atoms with E-state index < -0.39 is 4.92 Å². The van der Waals surface area contributed by atoms with Gasteiger partial charge in [-0.3, -0.25) is 24.6 Å². The van der Waals surface area contributed by atoms with Crippen molar-refractivity contribution < 1.29 is 14.5 Å². The Morgan fingerprint density at radius 1 is 1.12 bits per heavy atom. The van der Waals surface area contributed by atoms with Crippen LogP contribution in [0.25, 0.3) is 5.69 Å². The molecule has 0 spiro atoms. The number of para-hydroxylation sites is 1. The smallest absolute Gasteiger partial charge is 0.273 e. The summed E-state index contributed by atoms with van der Waals surface area (Å²) in [7, 11) is 0. The summed E-state index contributed by atoms with van der Waals surface area (Å²) in [5.41, 5.74) is 1.83. The van der Waals surface area contributed by atoms with Gasteiger partial charge >= 0.3 is 0 Å². The van der Waals surface area contributed by atoms with Gasteiger partial charge in [0.1, 0.15) is 0 Å². The van der Waals surface area contributed by atoms with Crippen LogP contribution < -0.4 is 10.6 Å². The largest absolute Gasteiger partial charge is 0.348 e. The summed E-state index contributed by atoms with van der Waals surface area (Å²) in [6.45, 7) is 3.37. The lowest BCUT2D eigenvalue weighted by Gasteiger charge is -2.31. The van der Waals surface area contributed by atoms with Gasteiger partial charge in [-0.2, -0.15) is 0 Å². The van der Waals surface area contributed by atoms with Crippen LogP contribution in [0.3, 0.4) is 0 Å². The van der Waals surface area contributed by atoms with Gasteiger partial charge in [0, 0.05) is 37.0 Å². The van der Waals surface area contributed by atoms with E-state index in [-0.39, 0.29) is 29.2 Å². The van der Waals surface area contributed by atoms with E-state index in [2.05, 4.69) is 25.8 Å². The van der Waals surface area contributed by atoms with E-state index in [0.717, 1.165) is 5.69 Å². The van der Waals surface area contributed by atoms with E-state index in [0.29, 0.717) is 43.9 Å². The van der Waals surface area contributed by atoms with Crippen LogP contribution in [0.2, 0.25) is 0 Å². The first-order chi connectivity index (χ1) is 16.4. The maximum absolute atomic E-state index is 12.8. The van der Waals surface area contributed by atoms with Gasteiger partial charge in [0.05, 0.1) is 22.8 Å². The SMILES string of the molecule is Cc1c(C(=O)NC2CCN(CC(=O)Nc3ccccc3)CC2)nnn1-c1cccc([N+](=O)[O-])c1. The first-order valence-electron chi connectivity index (χ1n) is 11.0. The second-order valence-electron chi connectivity index (χ2n) is 8.15. The van der Waals surface area contributed by atoms with Crippen LogP contribution in [0.5, 0.6) is 0 Å². The molecular weight excluding hydrogens is 438 g/mol. The number of nitrogens with zero attached hydrogens (tertiary/aromatic N) is 5. The van der Waals surface area contributed by atoms with Crippen LogP contribution in [0, 0.1) is 17.0 Å². The van der Waals surface area contributed by atoms with Crippen molar-refractivity contribution in [1.82, 2.24) is 25.2 Å². The number of hydrogen-bond donors (Lipinski definition) is 2. The number of benzene rings is 2. The molecule has 1 saturated heterocycles. The fraction of sp³-hybridized carbons (Fsp3) is 0.304. The highest BCUT2D eigenvalue weighted by atomic mass is 16.6. The first kappa shape index (κ1) is 23.1. The van der Waals surface area contributed by atoms with Gasteiger partial charge in [-0.25, -0.2) is 4.68 Å². The monoisotopic (exact) mass is 463 g/mol. The van der Waals surface area contributed by atoms with Crippen LogP contribution in [0.1, 0.15) is 29.0 Å². The van der Waals surface area contributed by atoms with Crippen molar-refractivity contribution in [2.45, 2.75) is 25.8 Å². The van der Waals surface area contributed by atoms with Gasteiger partial charge in [0.25, 0.3) is 11.6 Å². The summed E-state index contributed by atoms with van der Waals surface area (Å²) in [6.07, 6.45) is 1.42. The highest BCUT2D eigenvalue weighted by Crippen LogP contribution is 2.19. The number of carbonyl (C=O) groups excluding carboxylic acids is 2. The minimum atomic E-state index is -0.485. The predicted molar refractivity (Wildman–Crippen MR) is 125 cm³/mol. The summed E-state index contributed by atoms with van der Waals surface area (Å²) in [4.78, 5) is 37.7. The molecule has 1 aromatic heterocycles. The van der Waals surface area contributed by atoms with Gasteiger partial charge in [-0.1, -0.05) is 29.5 Å². The second-order valence-corrected chi connectivity index (χ2v) is 8.15. The molecule has 2 N–H and O–H groups in total. The lowest BCUT2D eigenvalue weighted by molar-refractivity contribution is -0.384. The first-order valence-corrected chi connectivity index (χ1v) is 11.0. The van der Waals surface area contributed by atoms with Crippen molar-refractivity contribution >= 4 is 23.2 Å². The van der Waals surface area contributed by atoms with Crippen LogP contribution in [0.15, 0.2) is 54.6 Å². The van der Waals surface area contributed by atoms with Crippen molar-refractivity contribution in [1.29, 1.82) is 0 Å². The molecule has 176 valence electrons. The number of aromatic nitrogens is 3. The number of carbonyl (C=O) groups is 2. The van der Waals surface area contributed by atoms with Crippen LogP contribution in [-0.2, 0) is 4.79 Å². The quantitative estimate of drug-likeness (QED) is 0.405. The van der Waals surface area contributed by atoms with Crippen LogP contribution in [0.4, 0.5) is 11.4 Å². The highest BCUT2D eigenvalue weighted by molar-refractivity contribution is 5.93. The van der Waals surface area contributed by atoms with Gasteiger partial charge in [0.15, 0.2) is 5.69 Å². The van der Waals surface area contributed by atoms with E-state index in [1.807, 2.05) is 30.3 Å². The fourth-order valence-electron chi connectivity index (χ4n) is 3.94. The number of hydrogen-bond acceptors (Lipinski definition) is 7. The molecule has 0 unspecified atom stereocenters. The van der Waals surface area contributed by atoms with Crippen molar-refractivity contribution in [3.63, 3.8) is 0 Å². The lowest BCUT2D eigenvalue weighted by Crippen LogP contribution is -2.46. The average molecular weight is 463 g/mol. The number of nitro benzene ring substituents is 1. The maximum Gasteiger partial charge on any atom is 0.273 e. The molecule has 0 aliphatic carbocycles.